The van der Waals surface area contributed by atoms with Crippen LogP contribution in [0.1, 0.15) is 19.3 Å². The largest absolute Gasteiger partial charge is 0.492 e. The lowest BCUT2D eigenvalue weighted by Gasteiger charge is -2.21. The maximum atomic E-state index is 12.7. The number of sulfonamides is 1. The van der Waals surface area contributed by atoms with Crippen LogP contribution in [0.3, 0.4) is 0 Å². The van der Waals surface area contributed by atoms with Crippen LogP contribution >= 0.6 is 0 Å². The Morgan fingerprint density at radius 2 is 2.09 bits per heavy atom. The number of hydrogen-bond donors (Lipinski definition) is 1. The highest BCUT2D eigenvalue weighted by Crippen LogP contribution is 2.16. The van der Waals surface area contributed by atoms with E-state index in [1.165, 1.54) is 24.3 Å². The highest BCUT2D eigenvalue weighted by atomic mass is 32.2. The fraction of sp³-hybridized carbons (Fsp3) is 0.600. The summed E-state index contributed by atoms with van der Waals surface area (Å²) in [5, 5.41) is 0. The summed E-state index contributed by atoms with van der Waals surface area (Å²) in [6.07, 6.45) is 2.93. The summed E-state index contributed by atoms with van der Waals surface area (Å²) in [7, 11) is -3.35. The average Bonchev–Trinajstić information content (AvgIpc) is 2.50. The first-order chi connectivity index (χ1) is 10.6. The van der Waals surface area contributed by atoms with Crippen molar-refractivity contribution in [1.29, 1.82) is 0 Å². The molecule has 0 aliphatic carbocycles. The zero-order valence-electron chi connectivity index (χ0n) is 12.5. The molecule has 0 bridgehead atoms. The molecule has 1 aromatic rings. The van der Waals surface area contributed by atoms with E-state index in [0.29, 0.717) is 18.2 Å². The lowest BCUT2D eigenvalue weighted by molar-refractivity contribution is 0.0523. The summed E-state index contributed by atoms with van der Waals surface area (Å²) in [6, 6.07) is 5.49. The van der Waals surface area contributed by atoms with Gasteiger partial charge < -0.3 is 9.47 Å². The number of benzene rings is 1. The zero-order valence-corrected chi connectivity index (χ0v) is 13.3. The highest BCUT2D eigenvalue weighted by molar-refractivity contribution is 7.89. The molecule has 124 valence electrons. The maximum absolute atomic E-state index is 12.7. The monoisotopic (exact) mass is 331 g/mol. The van der Waals surface area contributed by atoms with E-state index in [4.69, 9.17) is 9.47 Å². The van der Waals surface area contributed by atoms with Crippen LogP contribution in [0.15, 0.2) is 24.3 Å². The van der Waals surface area contributed by atoms with Crippen molar-refractivity contribution in [1.82, 2.24) is 4.72 Å². The maximum Gasteiger partial charge on any atom is 0.214 e. The standard InChI is InChI=1S/C15H22FNO4S/c16-14-3-5-15(6-4-14)21-10-11-22(18,19)17-8-7-13-2-1-9-20-12-13/h3-6,13,17H,1-2,7-12H2/t13-/m1/s1. The van der Waals surface area contributed by atoms with Crippen LogP contribution < -0.4 is 9.46 Å². The molecule has 1 saturated heterocycles. The molecule has 1 aliphatic rings. The number of hydrogen-bond acceptors (Lipinski definition) is 4. The van der Waals surface area contributed by atoms with Crippen molar-refractivity contribution in [2.24, 2.45) is 5.92 Å². The summed E-state index contributed by atoms with van der Waals surface area (Å²) < 4.78 is 49.6. The molecule has 0 unspecified atom stereocenters. The van der Waals surface area contributed by atoms with E-state index in [1.54, 1.807) is 0 Å². The Labute approximate surface area is 130 Å². The van der Waals surface area contributed by atoms with E-state index in [1.807, 2.05) is 0 Å². The predicted molar refractivity (Wildman–Crippen MR) is 81.8 cm³/mol. The normalized spacial score (nSPS) is 19.0. The van der Waals surface area contributed by atoms with Gasteiger partial charge in [0.05, 0.1) is 5.75 Å². The van der Waals surface area contributed by atoms with Crippen LogP contribution in [-0.2, 0) is 14.8 Å². The highest BCUT2D eigenvalue weighted by Gasteiger charge is 2.15. The Morgan fingerprint density at radius 1 is 1.32 bits per heavy atom. The predicted octanol–water partition coefficient (Wildman–Crippen LogP) is 1.94. The molecule has 0 saturated carbocycles. The minimum atomic E-state index is -3.35. The fourth-order valence-corrected chi connectivity index (χ4v) is 3.20. The van der Waals surface area contributed by atoms with Gasteiger partial charge in [-0.25, -0.2) is 17.5 Å². The molecule has 1 N–H and O–H groups in total. The first-order valence-corrected chi connectivity index (χ1v) is 9.14. The van der Waals surface area contributed by atoms with E-state index in [9.17, 15) is 12.8 Å². The topological polar surface area (TPSA) is 64.6 Å². The Kier molecular flexibility index (Phi) is 6.60. The second-order valence-corrected chi connectivity index (χ2v) is 7.31. The molecule has 0 radical (unpaired) electrons. The van der Waals surface area contributed by atoms with E-state index in [-0.39, 0.29) is 18.2 Å². The van der Waals surface area contributed by atoms with Gasteiger partial charge in [-0.3, -0.25) is 0 Å². The summed E-state index contributed by atoms with van der Waals surface area (Å²) in [4.78, 5) is 0. The number of rotatable bonds is 8. The molecule has 0 spiro atoms. The van der Waals surface area contributed by atoms with Crippen LogP contribution in [0.5, 0.6) is 5.75 Å². The number of ether oxygens (including phenoxy) is 2. The van der Waals surface area contributed by atoms with Gasteiger partial charge in [0.15, 0.2) is 0 Å². The van der Waals surface area contributed by atoms with Gasteiger partial charge in [-0.1, -0.05) is 0 Å². The van der Waals surface area contributed by atoms with E-state index < -0.39 is 10.0 Å². The van der Waals surface area contributed by atoms with Crippen molar-refractivity contribution < 1.29 is 22.3 Å². The molecule has 1 aliphatic heterocycles. The third-order valence-electron chi connectivity index (χ3n) is 3.56. The zero-order chi connectivity index (χ0) is 15.8. The van der Waals surface area contributed by atoms with Crippen molar-refractivity contribution >= 4 is 10.0 Å². The molecule has 0 amide bonds. The van der Waals surface area contributed by atoms with Gasteiger partial charge in [0.1, 0.15) is 18.2 Å². The van der Waals surface area contributed by atoms with Gasteiger partial charge in [-0.15, -0.1) is 0 Å². The summed E-state index contributed by atoms with van der Waals surface area (Å²) >= 11 is 0. The molecule has 22 heavy (non-hydrogen) atoms. The van der Waals surface area contributed by atoms with Crippen molar-refractivity contribution in [3.05, 3.63) is 30.1 Å². The molecule has 1 aromatic carbocycles. The minimum Gasteiger partial charge on any atom is -0.492 e. The van der Waals surface area contributed by atoms with Crippen LogP contribution in [0.2, 0.25) is 0 Å². The Morgan fingerprint density at radius 3 is 2.77 bits per heavy atom. The first kappa shape index (κ1) is 17.2. The number of halogens is 1. The van der Waals surface area contributed by atoms with Gasteiger partial charge in [0, 0.05) is 19.8 Å². The van der Waals surface area contributed by atoms with E-state index in [2.05, 4.69) is 4.72 Å². The van der Waals surface area contributed by atoms with Gasteiger partial charge in [0.2, 0.25) is 10.0 Å². The van der Waals surface area contributed by atoms with Gasteiger partial charge in [-0.2, -0.15) is 0 Å². The first-order valence-electron chi connectivity index (χ1n) is 7.48. The Hall–Kier alpha value is -1.18. The van der Waals surface area contributed by atoms with Crippen LogP contribution in [0.4, 0.5) is 4.39 Å². The van der Waals surface area contributed by atoms with Crippen molar-refractivity contribution in [3.8, 4) is 5.75 Å². The third kappa shape index (κ3) is 6.29. The van der Waals surface area contributed by atoms with Crippen LogP contribution in [0, 0.1) is 11.7 Å². The summed E-state index contributed by atoms with van der Waals surface area (Å²) in [5.41, 5.74) is 0. The van der Waals surface area contributed by atoms with Gasteiger partial charge in [-0.05, 0) is 49.4 Å². The van der Waals surface area contributed by atoms with Crippen molar-refractivity contribution in [2.75, 3.05) is 32.1 Å². The van der Waals surface area contributed by atoms with Crippen molar-refractivity contribution in [2.45, 2.75) is 19.3 Å². The Balaban J connectivity index is 1.64. The van der Waals surface area contributed by atoms with Crippen LogP contribution in [0.25, 0.3) is 0 Å². The molecular weight excluding hydrogens is 309 g/mol. The van der Waals surface area contributed by atoms with Gasteiger partial charge >= 0.3 is 0 Å². The molecule has 5 nitrogen and oxygen atoms in total. The third-order valence-corrected chi connectivity index (χ3v) is 4.91. The van der Waals surface area contributed by atoms with E-state index in [0.717, 1.165) is 32.5 Å². The molecule has 1 fully saturated rings. The van der Waals surface area contributed by atoms with Crippen molar-refractivity contribution in [3.63, 3.8) is 0 Å². The molecule has 7 heteroatoms. The molecule has 2 rings (SSSR count). The summed E-state index contributed by atoms with van der Waals surface area (Å²) in [6.45, 7) is 1.98. The van der Waals surface area contributed by atoms with Gasteiger partial charge in [0.25, 0.3) is 0 Å². The minimum absolute atomic E-state index is 0.0352. The smallest absolute Gasteiger partial charge is 0.214 e. The second-order valence-electron chi connectivity index (χ2n) is 5.39. The number of nitrogens with one attached hydrogen (secondary N) is 1. The molecule has 1 atom stereocenters. The van der Waals surface area contributed by atoms with Crippen LogP contribution in [-0.4, -0.2) is 40.5 Å². The average molecular weight is 331 g/mol. The molecule has 1 heterocycles. The quantitative estimate of drug-likeness (QED) is 0.791. The molecule has 0 aromatic heterocycles. The second kappa shape index (κ2) is 8.45. The van der Waals surface area contributed by atoms with E-state index >= 15 is 0 Å². The fourth-order valence-electron chi connectivity index (χ4n) is 2.33. The summed E-state index contributed by atoms with van der Waals surface area (Å²) in [5.74, 6) is 0.419. The SMILES string of the molecule is O=S(=O)(CCOc1ccc(F)cc1)NCC[C@H]1CCCOC1. The lowest BCUT2D eigenvalue weighted by atomic mass is 9.99. The molecular formula is C15H22FNO4S. The lowest BCUT2D eigenvalue weighted by Crippen LogP contribution is -2.31. The Bertz CT molecular complexity index is 541.